The molecule has 2 heterocycles. The third-order valence-electron chi connectivity index (χ3n) is 4.10. The summed E-state index contributed by atoms with van der Waals surface area (Å²) in [7, 11) is 2.01. The minimum absolute atomic E-state index is 0.0231. The Hall–Kier alpha value is -1.14. The lowest BCUT2D eigenvalue weighted by molar-refractivity contribution is -0.142. The van der Waals surface area contributed by atoms with Gasteiger partial charge in [0, 0.05) is 26.2 Å². The zero-order valence-electron chi connectivity index (χ0n) is 11.8. The van der Waals surface area contributed by atoms with Gasteiger partial charge in [0.25, 0.3) is 0 Å². The monoisotopic (exact) mass is 268 g/mol. The average molecular weight is 268 g/mol. The summed E-state index contributed by atoms with van der Waals surface area (Å²) in [5, 5.41) is 0. The molecule has 108 valence electrons. The number of carbonyl (C=O) groups excluding carboxylic acids is 2. The van der Waals surface area contributed by atoms with Crippen molar-refractivity contribution >= 4 is 11.8 Å². The van der Waals surface area contributed by atoms with Crippen LogP contribution in [-0.2, 0) is 9.59 Å². The molecule has 2 rings (SSSR count). The van der Waals surface area contributed by atoms with Crippen LogP contribution in [0.1, 0.15) is 19.8 Å². The summed E-state index contributed by atoms with van der Waals surface area (Å²) < 4.78 is 0. The fraction of sp³-hybridized carbons (Fsp3) is 0.846. The van der Waals surface area contributed by atoms with E-state index in [1.54, 1.807) is 11.8 Å². The molecule has 2 N–H and O–H groups in total. The molecule has 0 aromatic carbocycles. The van der Waals surface area contributed by atoms with E-state index >= 15 is 0 Å². The zero-order valence-corrected chi connectivity index (χ0v) is 11.8. The molecule has 2 aliphatic heterocycles. The van der Waals surface area contributed by atoms with Gasteiger partial charge in [-0.15, -0.1) is 0 Å². The number of hydrogen-bond donors (Lipinski definition) is 1. The smallest absolute Gasteiger partial charge is 0.240 e. The Morgan fingerprint density at radius 1 is 1.11 bits per heavy atom. The van der Waals surface area contributed by atoms with E-state index in [-0.39, 0.29) is 17.9 Å². The molecular formula is C13H24N4O2. The first-order valence-electron chi connectivity index (χ1n) is 7.04. The third-order valence-corrected chi connectivity index (χ3v) is 4.10. The molecular weight excluding hydrogens is 244 g/mol. The molecule has 6 nitrogen and oxygen atoms in total. The Balaban J connectivity index is 1.86. The molecule has 2 atom stereocenters. The van der Waals surface area contributed by atoms with Gasteiger partial charge in [0.05, 0.1) is 12.1 Å². The number of rotatable bonds is 2. The molecule has 0 aromatic rings. The lowest BCUT2D eigenvalue weighted by Crippen LogP contribution is -2.56. The molecule has 2 unspecified atom stereocenters. The summed E-state index contributed by atoms with van der Waals surface area (Å²) in [5.41, 5.74) is 5.60. The van der Waals surface area contributed by atoms with Crippen LogP contribution in [0.4, 0.5) is 0 Å². The fourth-order valence-electron chi connectivity index (χ4n) is 2.87. The molecule has 0 aromatic heterocycles. The normalized spacial score (nSPS) is 26.6. The van der Waals surface area contributed by atoms with Crippen LogP contribution in [0, 0.1) is 0 Å². The van der Waals surface area contributed by atoms with Crippen molar-refractivity contribution in [2.75, 3.05) is 39.8 Å². The first-order chi connectivity index (χ1) is 9.00. The molecule has 2 saturated heterocycles. The summed E-state index contributed by atoms with van der Waals surface area (Å²) in [6.07, 6.45) is 2.05. The summed E-state index contributed by atoms with van der Waals surface area (Å²) in [6.45, 7) is 5.15. The van der Waals surface area contributed by atoms with Crippen LogP contribution in [0.15, 0.2) is 0 Å². The van der Waals surface area contributed by atoms with E-state index in [9.17, 15) is 9.59 Å². The minimum Gasteiger partial charge on any atom is -0.338 e. The van der Waals surface area contributed by atoms with Crippen LogP contribution in [0.2, 0.25) is 0 Å². The summed E-state index contributed by atoms with van der Waals surface area (Å²) >= 11 is 0. The van der Waals surface area contributed by atoms with Crippen molar-refractivity contribution in [2.24, 2.45) is 5.73 Å². The van der Waals surface area contributed by atoms with Crippen LogP contribution < -0.4 is 5.73 Å². The Bertz CT molecular complexity index is 351. The molecule has 6 heteroatoms. The van der Waals surface area contributed by atoms with Crippen LogP contribution >= 0.6 is 0 Å². The average Bonchev–Trinajstić information content (AvgIpc) is 2.83. The summed E-state index contributed by atoms with van der Waals surface area (Å²) in [4.78, 5) is 29.9. The maximum atomic E-state index is 12.4. The van der Waals surface area contributed by atoms with Gasteiger partial charge in [0.2, 0.25) is 11.8 Å². The predicted molar refractivity (Wildman–Crippen MR) is 72.5 cm³/mol. The topological polar surface area (TPSA) is 69.9 Å². The van der Waals surface area contributed by atoms with Gasteiger partial charge in [-0.25, -0.2) is 0 Å². The summed E-state index contributed by atoms with van der Waals surface area (Å²) in [6, 6.07) is -0.418. The van der Waals surface area contributed by atoms with E-state index < -0.39 is 6.04 Å². The van der Waals surface area contributed by atoms with Crippen molar-refractivity contribution in [3.05, 3.63) is 0 Å². The van der Waals surface area contributed by atoms with Gasteiger partial charge in [0.15, 0.2) is 0 Å². The van der Waals surface area contributed by atoms with Gasteiger partial charge in [-0.3, -0.25) is 14.5 Å². The maximum absolute atomic E-state index is 12.4. The van der Waals surface area contributed by atoms with Crippen molar-refractivity contribution in [3.8, 4) is 0 Å². The maximum Gasteiger partial charge on any atom is 0.240 e. The SMILES string of the molecule is CC(N)C(=O)N1CCN(C(=O)C2CCCN2C)CC1. The van der Waals surface area contributed by atoms with Crippen molar-refractivity contribution in [1.82, 2.24) is 14.7 Å². The van der Waals surface area contributed by atoms with Gasteiger partial charge in [-0.05, 0) is 33.4 Å². The standard InChI is InChI=1S/C13H24N4O2/c1-10(14)12(18)16-6-8-17(9-7-16)13(19)11-4-3-5-15(11)2/h10-11H,3-9,14H2,1-2H3. The molecule has 0 bridgehead atoms. The van der Waals surface area contributed by atoms with E-state index in [4.69, 9.17) is 5.73 Å². The largest absolute Gasteiger partial charge is 0.338 e. The highest BCUT2D eigenvalue weighted by Crippen LogP contribution is 2.18. The lowest BCUT2D eigenvalue weighted by Gasteiger charge is -2.37. The Morgan fingerprint density at radius 3 is 2.16 bits per heavy atom. The summed E-state index contributed by atoms with van der Waals surface area (Å²) in [5.74, 6) is 0.193. The van der Waals surface area contributed by atoms with Gasteiger partial charge in [0.1, 0.15) is 0 Å². The van der Waals surface area contributed by atoms with Crippen molar-refractivity contribution in [1.29, 1.82) is 0 Å². The molecule has 0 aliphatic carbocycles. The number of likely N-dealkylation sites (N-methyl/N-ethyl adjacent to an activating group) is 1. The lowest BCUT2D eigenvalue weighted by atomic mass is 10.1. The highest BCUT2D eigenvalue weighted by atomic mass is 16.2. The number of carbonyl (C=O) groups is 2. The van der Waals surface area contributed by atoms with Crippen LogP contribution in [-0.4, -0.2) is 78.4 Å². The Morgan fingerprint density at radius 2 is 1.68 bits per heavy atom. The van der Waals surface area contributed by atoms with E-state index in [0.717, 1.165) is 19.4 Å². The second-order valence-electron chi connectivity index (χ2n) is 5.58. The first-order valence-corrected chi connectivity index (χ1v) is 7.04. The minimum atomic E-state index is -0.455. The number of hydrogen-bond acceptors (Lipinski definition) is 4. The van der Waals surface area contributed by atoms with Gasteiger partial charge >= 0.3 is 0 Å². The van der Waals surface area contributed by atoms with Crippen LogP contribution in [0.5, 0.6) is 0 Å². The van der Waals surface area contributed by atoms with Gasteiger partial charge in [-0.2, -0.15) is 0 Å². The fourth-order valence-corrected chi connectivity index (χ4v) is 2.87. The second-order valence-corrected chi connectivity index (χ2v) is 5.58. The van der Waals surface area contributed by atoms with Gasteiger partial charge in [-0.1, -0.05) is 0 Å². The molecule has 0 radical (unpaired) electrons. The molecule has 0 spiro atoms. The number of likely N-dealkylation sites (tertiary alicyclic amines) is 1. The van der Waals surface area contributed by atoms with Crippen LogP contribution in [0.25, 0.3) is 0 Å². The van der Waals surface area contributed by atoms with E-state index in [1.807, 2.05) is 11.9 Å². The highest BCUT2D eigenvalue weighted by molar-refractivity contribution is 5.83. The highest BCUT2D eigenvalue weighted by Gasteiger charge is 2.33. The van der Waals surface area contributed by atoms with Crippen molar-refractivity contribution in [3.63, 3.8) is 0 Å². The molecule has 2 amide bonds. The number of nitrogens with zero attached hydrogens (tertiary/aromatic N) is 3. The van der Waals surface area contributed by atoms with E-state index in [1.165, 1.54) is 0 Å². The quantitative estimate of drug-likeness (QED) is 0.704. The third kappa shape index (κ3) is 3.06. The first kappa shape index (κ1) is 14.3. The second kappa shape index (κ2) is 5.88. The molecule has 2 fully saturated rings. The molecule has 2 aliphatic rings. The van der Waals surface area contributed by atoms with E-state index in [0.29, 0.717) is 26.2 Å². The number of nitrogens with two attached hydrogens (primary N) is 1. The van der Waals surface area contributed by atoms with Gasteiger partial charge < -0.3 is 15.5 Å². The number of amides is 2. The van der Waals surface area contributed by atoms with Crippen LogP contribution in [0.3, 0.4) is 0 Å². The Labute approximate surface area is 114 Å². The molecule has 19 heavy (non-hydrogen) atoms. The van der Waals surface area contributed by atoms with Crippen molar-refractivity contribution < 1.29 is 9.59 Å². The Kier molecular flexibility index (Phi) is 4.42. The van der Waals surface area contributed by atoms with E-state index in [2.05, 4.69) is 4.90 Å². The molecule has 0 saturated carbocycles. The zero-order chi connectivity index (χ0) is 14.0. The number of piperazine rings is 1. The predicted octanol–water partition coefficient (Wildman–Crippen LogP) is -0.901. The van der Waals surface area contributed by atoms with Crippen molar-refractivity contribution in [2.45, 2.75) is 31.8 Å².